The van der Waals surface area contributed by atoms with Crippen LogP contribution in [0.3, 0.4) is 0 Å². The van der Waals surface area contributed by atoms with Crippen molar-refractivity contribution in [3.8, 4) is 0 Å². The summed E-state index contributed by atoms with van der Waals surface area (Å²) < 4.78 is 1.81. The van der Waals surface area contributed by atoms with Gasteiger partial charge in [0.1, 0.15) is 0 Å². The highest BCUT2D eigenvalue weighted by atomic mass is 16.2. The Labute approximate surface area is 160 Å². The minimum Gasteiger partial charge on any atom is -0.360 e. The predicted molar refractivity (Wildman–Crippen MR) is 106 cm³/mol. The number of rotatable bonds is 3. The number of carbonyl (C=O) groups excluding carboxylic acids is 2. The van der Waals surface area contributed by atoms with Crippen LogP contribution in [0.5, 0.6) is 0 Å². The fraction of sp³-hybridized carbons (Fsp3) is 0.200. The van der Waals surface area contributed by atoms with Crippen LogP contribution in [-0.4, -0.2) is 31.6 Å². The van der Waals surface area contributed by atoms with Gasteiger partial charge in [-0.25, -0.2) is 9.67 Å². The molecule has 3 aromatic heterocycles. The van der Waals surface area contributed by atoms with Crippen LogP contribution in [0.4, 0.5) is 0 Å². The number of nitrogens with zero attached hydrogens (tertiary/aromatic N) is 3. The Morgan fingerprint density at radius 3 is 2.57 bits per heavy atom. The minimum atomic E-state index is -0.433. The molecular formula is C20H20N6O2. The molecule has 8 nitrogen and oxygen atoms in total. The van der Waals surface area contributed by atoms with Crippen molar-refractivity contribution >= 4 is 33.8 Å². The van der Waals surface area contributed by atoms with Crippen LogP contribution in [0.15, 0.2) is 42.7 Å². The van der Waals surface area contributed by atoms with Crippen LogP contribution in [0, 0.1) is 6.92 Å². The number of hydrogen-bond acceptors (Lipinski definition) is 4. The molecule has 0 aliphatic carbocycles. The number of para-hydroxylation sites is 1. The number of benzene rings is 1. The van der Waals surface area contributed by atoms with Crippen LogP contribution < -0.4 is 10.9 Å². The Balaban J connectivity index is 1.53. The van der Waals surface area contributed by atoms with E-state index in [1.54, 1.807) is 25.4 Å². The first-order valence-electron chi connectivity index (χ1n) is 8.97. The second-order valence-corrected chi connectivity index (χ2v) is 6.87. The van der Waals surface area contributed by atoms with Gasteiger partial charge in [-0.05, 0) is 32.9 Å². The lowest BCUT2D eigenvalue weighted by Crippen LogP contribution is -2.41. The number of hydrogen-bond donors (Lipinski definition) is 3. The second kappa shape index (κ2) is 6.80. The quantitative estimate of drug-likeness (QED) is 0.478. The fourth-order valence-corrected chi connectivity index (χ4v) is 3.18. The molecule has 8 heteroatoms. The van der Waals surface area contributed by atoms with Crippen molar-refractivity contribution in [2.45, 2.75) is 26.8 Å². The van der Waals surface area contributed by atoms with Crippen molar-refractivity contribution in [2.24, 2.45) is 0 Å². The van der Waals surface area contributed by atoms with Crippen molar-refractivity contribution in [3.05, 3.63) is 59.5 Å². The van der Waals surface area contributed by atoms with Gasteiger partial charge in [0.05, 0.1) is 23.0 Å². The highest BCUT2D eigenvalue weighted by Crippen LogP contribution is 2.19. The Morgan fingerprint density at radius 2 is 1.82 bits per heavy atom. The maximum Gasteiger partial charge on any atom is 0.271 e. The number of nitrogens with one attached hydrogen (secondary N) is 3. The number of H-pyrrole nitrogens is 1. The minimum absolute atomic E-state index is 0.166. The molecule has 2 amide bonds. The summed E-state index contributed by atoms with van der Waals surface area (Å²) in [6.45, 7) is 5.79. The van der Waals surface area contributed by atoms with Gasteiger partial charge in [-0.2, -0.15) is 5.10 Å². The lowest BCUT2D eigenvalue weighted by Gasteiger charge is -2.10. The third-order valence-corrected chi connectivity index (χ3v) is 4.62. The zero-order valence-electron chi connectivity index (χ0n) is 15.8. The van der Waals surface area contributed by atoms with Crippen molar-refractivity contribution in [2.75, 3.05) is 0 Å². The lowest BCUT2D eigenvalue weighted by atomic mass is 10.1. The highest BCUT2D eigenvalue weighted by molar-refractivity contribution is 6.08. The van der Waals surface area contributed by atoms with Gasteiger partial charge in [0.15, 0.2) is 5.65 Å². The summed E-state index contributed by atoms with van der Waals surface area (Å²) in [4.78, 5) is 32.6. The molecule has 0 bridgehead atoms. The van der Waals surface area contributed by atoms with Gasteiger partial charge in [-0.3, -0.25) is 20.4 Å². The number of aromatic amines is 1. The van der Waals surface area contributed by atoms with E-state index in [9.17, 15) is 9.59 Å². The molecule has 3 N–H and O–H groups in total. The summed E-state index contributed by atoms with van der Waals surface area (Å²) in [6.07, 6.45) is 3.30. The van der Waals surface area contributed by atoms with E-state index in [4.69, 9.17) is 0 Å². The number of hydrazine groups is 1. The van der Waals surface area contributed by atoms with Crippen molar-refractivity contribution < 1.29 is 9.59 Å². The van der Waals surface area contributed by atoms with E-state index in [-0.39, 0.29) is 6.04 Å². The molecular weight excluding hydrogens is 356 g/mol. The molecule has 1 aromatic carbocycles. The molecule has 0 unspecified atom stereocenters. The monoisotopic (exact) mass is 376 g/mol. The fourth-order valence-electron chi connectivity index (χ4n) is 3.18. The van der Waals surface area contributed by atoms with Gasteiger partial charge in [-0.15, -0.1) is 0 Å². The van der Waals surface area contributed by atoms with Crippen molar-refractivity contribution in [1.82, 2.24) is 30.6 Å². The lowest BCUT2D eigenvalue weighted by molar-refractivity contribution is 0.0847. The number of carbonyl (C=O) groups is 2. The molecule has 4 rings (SSSR count). The Bertz CT molecular complexity index is 1200. The third-order valence-electron chi connectivity index (χ3n) is 4.62. The van der Waals surface area contributed by atoms with E-state index in [0.29, 0.717) is 16.8 Å². The maximum absolute atomic E-state index is 12.6. The zero-order chi connectivity index (χ0) is 19.8. The first-order chi connectivity index (χ1) is 13.5. The van der Waals surface area contributed by atoms with Gasteiger partial charge < -0.3 is 4.98 Å². The molecule has 28 heavy (non-hydrogen) atoms. The molecule has 0 saturated carbocycles. The van der Waals surface area contributed by atoms with Crippen LogP contribution in [0.2, 0.25) is 0 Å². The Hall–Kier alpha value is -3.68. The van der Waals surface area contributed by atoms with Crippen molar-refractivity contribution in [1.29, 1.82) is 0 Å². The molecule has 0 saturated heterocycles. The van der Waals surface area contributed by atoms with E-state index in [1.165, 1.54) is 0 Å². The maximum atomic E-state index is 12.6. The predicted octanol–water partition coefficient (Wildman–Crippen LogP) is 2.88. The molecule has 0 fully saturated rings. The topological polar surface area (TPSA) is 105 Å². The van der Waals surface area contributed by atoms with Crippen LogP contribution in [0.1, 0.15) is 46.3 Å². The number of amides is 2. The van der Waals surface area contributed by atoms with E-state index < -0.39 is 11.8 Å². The van der Waals surface area contributed by atoms with E-state index in [1.807, 2.05) is 42.8 Å². The summed E-state index contributed by atoms with van der Waals surface area (Å²) in [5.74, 6) is -0.831. The molecule has 0 atom stereocenters. The molecule has 0 radical (unpaired) electrons. The van der Waals surface area contributed by atoms with Gasteiger partial charge in [0.2, 0.25) is 0 Å². The van der Waals surface area contributed by atoms with Crippen LogP contribution in [0.25, 0.3) is 21.9 Å². The number of pyridine rings is 1. The SMILES string of the molecule is Cc1nc2c(cnn2C(C)C)cc1C(=O)NNC(=O)c1c[nH]c2ccccc12. The number of fused-ring (bicyclic) bond motifs is 2. The first-order valence-corrected chi connectivity index (χ1v) is 8.97. The standard InChI is InChI=1S/C20H20N6O2/c1-11(2)26-18-13(9-22-26)8-15(12(3)23-18)19(27)24-25-20(28)16-10-21-17-7-5-4-6-14(16)17/h4-11,21H,1-3H3,(H,24,27)(H,25,28). The Morgan fingerprint density at radius 1 is 1.11 bits per heavy atom. The summed E-state index contributed by atoms with van der Waals surface area (Å²) in [7, 11) is 0. The average Bonchev–Trinajstić information content (AvgIpc) is 3.29. The van der Waals surface area contributed by atoms with Gasteiger partial charge in [0, 0.05) is 28.5 Å². The number of aryl methyl sites for hydroxylation is 1. The summed E-state index contributed by atoms with van der Waals surface area (Å²) in [5, 5.41) is 5.88. The Kier molecular flexibility index (Phi) is 4.31. The largest absolute Gasteiger partial charge is 0.360 e. The van der Waals surface area contributed by atoms with E-state index in [0.717, 1.165) is 21.9 Å². The van der Waals surface area contributed by atoms with Crippen LogP contribution >= 0.6 is 0 Å². The second-order valence-electron chi connectivity index (χ2n) is 6.87. The smallest absolute Gasteiger partial charge is 0.271 e. The van der Waals surface area contributed by atoms with E-state index >= 15 is 0 Å². The summed E-state index contributed by atoms with van der Waals surface area (Å²) in [6, 6.07) is 9.36. The van der Waals surface area contributed by atoms with Gasteiger partial charge >= 0.3 is 0 Å². The molecule has 0 aliphatic heterocycles. The molecule has 0 aliphatic rings. The molecule has 142 valence electrons. The summed E-state index contributed by atoms with van der Waals surface area (Å²) in [5.41, 5.74) is 7.92. The number of aromatic nitrogens is 4. The van der Waals surface area contributed by atoms with Gasteiger partial charge in [0.25, 0.3) is 11.8 Å². The average molecular weight is 376 g/mol. The first kappa shape index (κ1) is 17.7. The zero-order valence-corrected chi connectivity index (χ0v) is 15.8. The highest BCUT2D eigenvalue weighted by Gasteiger charge is 2.17. The molecule has 4 aromatic rings. The van der Waals surface area contributed by atoms with Crippen LogP contribution in [-0.2, 0) is 0 Å². The molecule has 3 heterocycles. The van der Waals surface area contributed by atoms with E-state index in [2.05, 4.69) is 25.9 Å². The molecule has 0 spiro atoms. The third kappa shape index (κ3) is 2.98. The normalized spacial score (nSPS) is 11.3. The van der Waals surface area contributed by atoms with Crippen molar-refractivity contribution in [3.63, 3.8) is 0 Å². The summed E-state index contributed by atoms with van der Waals surface area (Å²) >= 11 is 0. The van der Waals surface area contributed by atoms with Gasteiger partial charge in [-0.1, -0.05) is 18.2 Å².